The van der Waals surface area contributed by atoms with Crippen LogP contribution in [-0.2, 0) is 0 Å². The van der Waals surface area contributed by atoms with E-state index in [1.54, 1.807) is 36.5 Å². The number of nitrogens with one attached hydrogen (secondary N) is 1. The maximum atomic E-state index is 12.3. The largest absolute Gasteiger partial charge is 0.487 e. The fourth-order valence-electron chi connectivity index (χ4n) is 2.20. The van der Waals surface area contributed by atoms with Gasteiger partial charge in [-0.25, -0.2) is 4.79 Å². The fraction of sp³-hybridized carbons (Fsp3) is 0.333. The van der Waals surface area contributed by atoms with Crippen molar-refractivity contribution in [3.8, 4) is 5.75 Å². The summed E-state index contributed by atoms with van der Waals surface area (Å²) in [4.78, 5) is 17.9. The van der Waals surface area contributed by atoms with Crippen molar-refractivity contribution in [2.75, 3.05) is 13.6 Å². The standard InChI is InChI=1S/C18H22ClN3O2/c1-13(24-17-7-5-4-6-16(17)19)12-21-18(23)22(3)14(2)15-8-10-20-11-9-15/h4-11,13-14H,12H2,1-3H3,(H,21,23)/t13-,14+/m1/s1. The number of ether oxygens (including phenoxy) is 1. The van der Waals surface area contributed by atoms with Crippen molar-refractivity contribution < 1.29 is 9.53 Å². The number of aromatic nitrogens is 1. The Labute approximate surface area is 147 Å². The number of carbonyl (C=O) groups is 1. The highest BCUT2D eigenvalue weighted by molar-refractivity contribution is 6.32. The first-order chi connectivity index (χ1) is 11.5. The molecular formula is C18H22ClN3O2. The van der Waals surface area contributed by atoms with Crippen LogP contribution in [0.15, 0.2) is 48.8 Å². The van der Waals surface area contributed by atoms with E-state index in [0.29, 0.717) is 17.3 Å². The number of benzene rings is 1. The Morgan fingerprint density at radius 3 is 2.58 bits per heavy atom. The number of amides is 2. The Kier molecular flexibility index (Phi) is 6.44. The van der Waals surface area contributed by atoms with Crippen LogP contribution in [0.25, 0.3) is 0 Å². The molecule has 0 bridgehead atoms. The lowest BCUT2D eigenvalue weighted by Gasteiger charge is -2.26. The molecule has 0 aliphatic carbocycles. The molecule has 2 atom stereocenters. The second kappa shape index (κ2) is 8.55. The summed E-state index contributed by atoms with van der Waals surface area (Å²) in [5.41, 5.74) is 1.03. The zero-order chi connectivity index (χ0) is 17.5. The number of carbonyl (C=O) groups excluding carboxylic acids is 1. The lowest BCUT2D eigenvalue weighted by molar-refractivity contribution is 0.179. The van der Waals surface area contributed by atoms with E-state index in [2.05, 4.69) is 10.3 Å². The van der Waals surface area contributed by atoms with Gasteiger partial charge in [-0.3, -0.25) is 4.98 Å². The average Bonchev–Trinajstić information content (AvgIpc) is 2.61. The summed E-state index contributed by atoms with van der Waals surface area (Å²) in [6, 6.07) is 10.9. The molecule has 1 aromatic carbocycles. The first kappa shape index (κ1) is 18.1. The summed E-state index contributed by atoms with van der Waals surface area (Å²) in [6.07, 6.45) is 3.24. The number of hydrogen-bond acceptors (Lipinski definition) is 3. The monoisotopic (exact) mass is 347 g/mol. The van der Waals surface area contributed by atoms with E-state index in [9.17, 15) is 4.79 Å². The van der Waals surface area contributed by atoms with E-state index in [0.717, 1.165) is 5.56 Å². The molecule has 1 aromatic heterocycles. The zero-order valence-electron chi connectivity index (χ0n) is 14.1. The molecule has 5 nitrogen and oxygen atoms in total. The quantitative estimate of drug-likeness (QED) is 0.862. The molecule has 24 heavy (non-hydrogen) atoms. The molecular weight excluding hydrogens is 326 g/mol. The minimum Gasteiger partial charge on any atom is -0.487 e. The molecule has 0 spiro atoms. The third kappa shape index (κ3) is 4.86. The molecule has 0 saturated heterocycles. The molecule has 0 saturated carbocycles. The number of para-hydroxylation sites is 1. The Morgan fingerprint density at radius 1 is 1.25 bits per heavy atom. The van der Waals surface area contributed by atoms with E-state index in [-0.39, 0.29) is 18.2 Å². The summed E-state index contributed by atoms with van der Waals surface area (Å²) in [5.74, 6) is 0.611. The van der Waals surface area contributed by atoms with Crippen molar-refractivity contribution in [3.63, 3.8) is 0 Å². The molecule has 2 aromatic rings. The predicted molar refractivity (Wildman–Crippen MR) is 95.4 cm³/mol. The molecule has 6 heteroatoms. The van der Waals surface area contributed by atoms with Gasteiger partial charge in [0.1, 0.15) is 11.9 Å². The first-order valence-corrected chi connectivity index (χ1v) is 8.18. The fourth-order valence-corrected chi connectivity index (χ4v) is 2.38. The van der Waals surface area contributed by atoms with Gasteiger partial charge in [-0.1, -0.05) is 23.7 Å². The second-order valence-corrected chi connectivity index (χ2v) is 6.02. The van der Waals surface area contributed by atoms with Crippen LogP contribution in [0.3, 0.4) is 0 Å². The number of nitrogens with zero attached hydrogens (tertiary/aromatic N) is 2. The molecule has 2 amide bonds. The minimum absolute atomic E-state index is 0.0483. The van der Waals surface area contributed by atoms with Crippen molar-refractivity contribution in [2.45, 2.75) is 26.0 Å². The van der Waals surface area contributed by atoms with Crippen LogP contribution in [0, 0.1) is 0 Å². The maximum absolute atomic E-state index is 12.3. The lowest BCUT2D eigenvalue weighted by Crippen LogP contribution is -2.42. The molecule has 128 valence electrons. The van der Waals surface area contributed by atoms with Gasteiger partial charge in [0, 0.05) is 19.4 Å². The topological polar surface area (TPSA) is 54.5 Å². The third-order valence-corrected chi connectivity index (χ3v) is 4.11. The van der Waals surface area contributed by atoms with Gasteiger partial charge in [0.05, 0.1) is 17.6 Å². The van der Waals surface area contributed by atoms with Crippen LogP contribution in [0.2, 0.25) is 5.02 Å². The van der Waals surface area contributed by atoms with E-state index < -0.39 is 0 Å². The highest BCUT2D eigenvalue weighted by Gasteiger charge is 2.18. The Balaban J connectivity index is 1.85. The number of rotatable bonds is 6. The predicted octanol–water partition coefficient (Wildman–Crippen LogP) is 3.90. The van der Waals surface area contributed by atoms with Crippen molar-refractivity contribution in [3.05, 3.63) is 59.4 Å². The van der Waals surface area contributed by atoms with E-state index in [4.69, 9.17) is 16.3 Å². The van der Waals surface area contributed by atoms with Gasteiger partial charge in [0.25, 0.3) is 0 Å². The number of hydrogen-bond donors (Lipinski definition) is 1. The smallest absolute Gasteiger partial charge is 0.317 e. The number of halogens is 1. The average molecular weight is 348 g/mol. The van der Waals surface area contributed by atoms with Gasteiger partial charge < -0.3 is 15.0 Å². The Hall–Kier alpha value is -2.27. The molecule has 0 fully saturated rings. The number of urea groups is 1. The third-order valence-electron chi connectivity index (χ3n) is 3.80. The van der Waals surface area contributed by atoms with Crippen LogP contribution in [0.5, 0.6) is 5.75 Å². The second-order valence-electron chi connectivity index (χ2n) is 5.61. The molecule has 0 unspecified atom stereocenters. The van der Waals surface area contributed by atoms with Gasteiger partial charge in [-0.2, -0.15) is 0 Å². The van der Waals surface area contributed by atoms with Crippen LogP contribution in [0.4, 0.5) is 4.79 Å². The highest BCUT2D eigenvalue weighted by atomic mass is 35.5. The van der Waals surface area contributed by atoms with Crippen molar-refractivity contribution in [1.82, 2.24) is 15.2 Å². The maximum Gasteiger partial charge on any atom is 0.317 e. The van der Waals surface area contributed by atoms with Gasteiger partial charge in [-0.05, 0) is 43.7 Å². The van der Waals surface area contributed by atoms with E-state index in [1.165, 1.54) is 0 Å². The van der Waals surface area contributed by atoms with Gasteiger partial charge in [-0.15, -0.1) is 0 Å². The van der Waals surface area contributed by atoms with Gasteiger partial charge >= 0.3 is 6.03 Å². The molecule has 0 aliphatic heterocycles. The minimum atomic E-state index is -0.196. The van der Waals surface area contributed by atoms with Gasteiger partial charge in [0.2, 0.25) is 0 Å². The van der Waals surface area contributed by atoms with E-state index in [1.807, 2.05) is 38.1 Å². The normalized spacial score (nSPS) is 13.0. The van der Waals surface area contributed by atoms with Crippen molar-refractivity contribution in [2.24, 2.45) is 0 Å². The molecule has 2 rings (SSSR count). The summed E-state index contributed by atoms with van der Waals surface area (Å²) in [6.45, 7) is 4.24. The molecule has 0 radical (unpaired) electrons. The SMILES string of the molecule is C[C@H](CNC(=O)N(C)[C@@H](C)c1ccncc1)Oc1ccccc1Cl. The van der Waals surface area contributed by atoms with Crippen molar-refractivity contribution in [1.29, 1.82) is 0 Å². The summed E-state index contributed by atoms with van der Waals surface area (Å²) >= 11 is 6.07. The van der Waals surface area contributed by atoms with E-state index >= 15 is 0 Å². The zero-order valence-corrected chi connectivity index (χ0v) is 14.8. The number of pyridine rings is 1. The summed E-state index contributed by atoms with van der Waals surface area (Å²) < 4.78 is 5.75. The van der Waals surface area contributed by atoms with Crippen LogP contribution < -0.4 is 10.1 Å². The summed E-state index contributed by atoms with van der Waals surface area (Å²) in [7, 11) is 1.76. The first-order valence-electron chi connectivity index (χ1n) is 7.80. The van der Waals surface area contributed by atoms with Crippen LogP contribution in [-0.4, -0.2) is 35.6 Å². The Morgan fingerprint density at radius 2 is 1.92 bits per heavy atom. The highest BCUT2D eigenvalue weighted by Crippen LogP contribution is 2.24. The molecule has 0 aliphatic rings. The van der Waals surface area contributed by atoms with Crippen LogP contribution in [0.1, 0.15) is 25.5 Å². The Bertz CT molecular complexity index is 666. The lowest BCUT2D eigenvalue weighted by atomic mass is 10.1. The van der Waals surface area contributed by atoms with Gasteiger partial charge in [0.15, 0.2) is 0 Å². The van der Waals surface area contributed by atoms with Crippen molar-refractivity contribution >= 4 is 17.6 Å². The molecule has 1 heterocycles. The molecule has 1 N–H and O–H groups in total. The summed E-state index contributed by atoms with van der Waals surface area (Å²) in [5, 5.41) is 3.43. The van der Waals surface area contributed by atoms with Crippen LogP contribution >= 0.6 is 11.6 Å².